The Labute approximate surface area is 152 Å². The average Bonchev–Trinajstić information content (AvgIpc) is 2.56. The highest BCUT2D eigenvalue weighted by Gasteiger charge is 2.38. The van der Waals surface area contributed by atoms with Gasteiger partial charge >= 0.3 is 11.9 Å². The van der Waals surface area contributed by atoms with Gasteiger partial charge in [0, 0.05) is 19.4 Å². The van der Waals surface area contributed by atoms with Gasteiger partial charge in [0.1, 0.15) is 12.2 Å². The van der Waals surface area contributed by atoms with Crippen molar-refractivity contribution < 1.29 is 28.5 Å². The third-order valence-electron chi connectivity index (χ3n) is 3.51. The van der Waals surface area contributed by atoms with Crippen LogP contribution in [0.5, 0.6) is 11.5 Å². The van der Waals surface area contributed by atoms with Crippen LogP contribution in [0.1, 0.15) is 25.0 Å². The second kappa shape index (κ2) is 7.91. The highest BCUT2D eigenvalue weighted by Crippen LogP contribution is 2.35. The fourth-order valence-electron chi connectivity index (χ4n) is 2.48. The van der Waals surface area contributed by atoms with Crippen LogP contribution in [0.3, 0.4) is 0 Å². The van der Waals surface area contributed by atoms with Crippen molar-refractivity contribution in [3.05, 3.63) is 54.1 Å². The molecule has 1 aromatic rings. The van der Waals surface area contributed by atoms with Crippen molar-refractivity contribution in [1.82, 2.24) is 0 Å². The fraction of sp³-hybridized carbons (Fsp3) is 0.300. The van der Waals surface area contributed by atoms with Crippen LogP contribution >= 0.6 is 0 Å². The lowest BCUT2D eigenvalue weighted by molar-refractivity contribution is -0.222. The van der Waals surface area contributed by atoms with Crippen molar-refractivity contribution >= 4 is 18.0 Å². The first-order chi connectivity index (χ1) is 12.3. The van der Waals surface area contributed by atoms with E-state index in [2.05, 4.69) is 13.2 Å². The monoisotopic (exact) mass is 358 g/mol. The normalized spacial score (nSPS) is 15.6. The van der Waals surface area contributed by atoms with Crippen LogP contribution in [0.15, 0.2) is 43.0 Å². The second-order valence-corrected chi connectivity index (χ2v) is 6.04. The van der Waals surface area contributed by atoms with E-state index in [9.17, 15) is 9.59 Å². The Hall–Kier alpha value is -3.02. The van der Waals surface area contributed by atoms with E-state index in [1.165, 1.54) is 27.0 Å². The molecule has 6 heteroatoms. The molecule has 1 fully saturated rings. The molecule has 2 rings (SSSR count). The third kappa shape index (κ3) is 4.33. The van der Waals surface area contributed by atoms with Crippen molar-refractivity contribution in [3.63, 3.8) is 0 Å². The van der Waals surface area contributed by atoms with Crippen LogP contribution in [0, 0.1) is 0 Å². The van der Waals surface area contributed by atoms with Gasteiger partial charge in [-0.15, -0.1) is 6.58 Å². The summed E-state index contributed by atoms with van der Waals surface area (Å²) in [6.07, 6.45) is 5.27. The van der Waals surface area contributed by atoms with Crippen molar-refractivity contribution in [1.29, 1.82) is 0 Å². The smallest absolute Gasteiger partial charge is 0.348 e. The zero-order valence-electron chi connectivity index (χ0n) is 15.2. The SMILES string of the molecule is C=CCOc1c(CC=C)cc(C=C2C(=O)OC(C)(C)OC2=O)cc1OC. The summed E-state index contributed by atoms with van der Waals surface area (Å²) >= 11 is 0. The Morgan fingerprint density at radius 2 is 1.77 bits per heavy atom. The van der Waals surface area contributed by atoms with Crippen LogP contribution in [-0.4, -0.2) is 31.4 Å². The molecule has 0 amide bonds. The molecule has 1 aliphatic rings. The summed E-state index contributed by atoms with van der Waals surface area (Å²) in [7, 11) is 1.51. The summed E-state index contributed by atoms with van der Waals surface area (Å²) < 4.78 is 21.3. The van der Waals surface area contributed by atoms with E-state index < -0.39 is 17.7 Å². The fourth-order valence-corrected chi connectivity index (χ4v) is 2.48. The summed E-state index contributed by atoms with van der Waals surface area (Å²) in [4.78, 5) is 24.2. The van der Waals surface area contributed by atoms with Crippen LogP contribution in [0.2, 0.25) is 0 Å². The molecule has 0 aromatic heterocycles. The van der Waals surface area contributed by atoms with Gasteiger partial charge in [0.15, 0.2) is 11.5 Å². The van der Waals surface area contributed by atoms with Crippen molar-refractivity contribution in [2.45, 2.75) is 26.1 Å². The molecule has 0 N–H and O–H groups in total. The minimum absolute atomic E-state index is 0.185. The van der Waals surface area contributed by atoms with Crippen molar-refractivity contribution in [2.24, 2.45) is 0 Å². The van der Waals surface area contributed by atoms with E-state index in [0.29, 0.717) is 30.1 Å². The van der Waals surface area contributed by atoms with Crippen LogP contribution < -0.4 is 9.47 Å². The molecule has 138 valence electrons. The Morgan fingerprint density at radius 1 is 1.12 bits per heavy atom. The number of hydrogen-bond donors (Lipinski definition) is 0. The zero-order valence-corrected chi connectivity index (χ0v) is 15.2. The van der Waals surface area contributed by atoms with Crippen molar-refractivity contribution in [2.75, 3.05) is 13.7 Å². The van der Waals surface area contributed by atoms with E-state index in [1.54, 1.807) is 24.3 Å². The average molecular weight is 358 g/mol. The molecule has 0 radical (unpaired) electrons. The molecule has 26 heavy (non-hydrogen) atoms. The number of allylic oxidation sites excluding steroid dienone is 1. The molecular formula is C20H22O6. The van der Waals surface area contributed by atoms with Crippen LogP contribution in [0.25, 0.3) is 6.08 Å². The first-order valence-electron chi connectivity index (χ1n) is 8.05. The minimum Gasteiger partial charge on any atom is -0.493 e. The zero-order chi connectivity index (χ0) is 19.3. The van der Waals surface area contributed by atoms with E-state index >= 15 is 0 Å². The maximum atomic E-state index is 12.1. The number of ether oxygens (including phenoxy) is 4. The number of methoxy groups -OCH3 is 1. The highest BCUT2D eigenvalue weighted by molar-refractivity contribution is 6.18. The van der Waals surface area contributed by atoms with Gasteiger partial charge in [0.2, 0.25) is 0 Å². The molecule has 1 heterocycles. The molecule has 0 saturated carbocycles. The van der Waals surface area contributed by atoms with Gasteiger partial charge in [-0.05, 0) is 30.2 Å². The molecular weight excluding hydrogens is 336 g/mol. The molecule has 1 aromatic carbocycles. The van der Waals surface area contributed by atoms with Gasteiger partial charge in [0.05, 0.1) is 7.11 Å². The second-order valence-electron chi connectivity index (χ2n) is 6.04. The summed E-state index contributed by atoms with van der Waals surface area (Å²) in [5, 5.41) is 0. The molecule has 0 atom stereocenters. The molecule has 0 unspecified atom stereocenters. The standard InChI is InChI=1S/C20H22O6/c1-6-8-14-10-13(12-16(23-5)17(14)24-9-7-2)11-15-18(21)25-20(3,4)26-19(15)22/h6-7,10-12H,1-2,8-9H2,3-5H3. The maximum absolute atomic E-state index is 12.1. The van der Waals surface area contributed by atoms with Gasteiger partial charge in [-0.3, -0.25) is 0 Å². The van der Waals surface area contributed by atoms with Gasteiger partial charge in [-0.2, -0.15) is 0 Å². The maximum Gasteiger partial charge on any atom is 0.348 e. The summed E-state index contributed by atoms with van der Waals surface area (Å²) in [6, 6.07) is 3.45. The number of benzene rings is 1. The number of cyclic esters (lactones) is 2. The number of carbonyl (C=O) groups excluding carboxylic acids is 2. The lowest BCUT2D eigenvalue weighted by atomic mass is 10.0. The topological polar surface area (TPSA) is 71.1 Å². The predicted molar refractivity (Wildman–Crippen MR) is 96.8 cm³/mol. The number of hydrogen-bond acceptors (Lipinski definition) is 6. The Morgan fingerprint density at radius 3 is 2.31 bits per heavy atom. The first kappa shape index (κ1) is 19.3. The predicted octanol–water partition coefficient (Wildman–Crippen LogP) is 3.21. The lowest BCUT2D eigenvalue weighted by Crippen LogP contribution is -2.41. The Kier molecular flexibility index (Phi) is 5.87. The molecule has 0 spiro atoms. The van der Waals surface area contributed by atoms with Gasteiger partial charge in [0.25, 0.3) is 5.79 Å². The Balaban J connectivity index is 2.48. The van der Waals surface area contributed by atoms with Gasteiger partial charge in [-0.1, -0.05) is 18.7 Å². The summed E-state index contributed by atoms with van der Waals surface area (Å²) in [5.41, 5.74) is 1.19. The number of rotatable bonds is 7. The van der Waals surface area contributed by atoms with E-state index in [0.717, 1.165) is 5.56 Å². The van der Waals surface area contributed by atoms with Crippen molar-refractivity contribution in [3.8, 4) is 11.5 Å². The number of esters is 2. The van der Waals surface area contributed by atoms with E-state index in [1.807, 2.05) is 0 Å². The van der Waals surface area contributed by atoms with Crippen LogP contribution in [-0.2, 0) is 25.5 Å². The number of carbonyl (C=O) groups is 2. The summed E-state index contributed by atoms with van der Waals surface area (Å²) in [6.45, 7) is 10.7. The van der Waals surface area contributed by atoms with Gasteiger partial charge in [-0.25, -0.2) is 9.59 Å². The third-order valence-corrected chi connectivity index (χ3v) is 3.51. The Bertz CT molecular complexity index is 751. The van der Waals surface area contributed by atoms with Crippen LogP contribution in [0.4, 0.5) is 0 Å². The highest BCUT2D eigenvalue weighted by atomic mass is 16.7. The minimum atomic E-state index is -1.28. The summed E-state index contributed by atoms with van der Waals surface area (Å²) in [5.74, 6) is -1.72. The molecule has 0 aliphatic carbocycles. The first-order valence-corrected chi connectivity index (χ1v) is 8.05. The molecule has 1 saturated heterocycles. The lowest BCUT2D eigenvalue weighted by Gasteiger charge is -2.29. The van der Waals surface area contributed by atoms with E-state index in [4.69, 9.17) is 18.9 Å². The largest absolute Gasteiger partial charge is 0.493 e. The molecule has 6 nitrogen and oxygen atoms in total. The molecule has 0 bridgehead atoms. The van der Waals surface area contributed by atoms with Gasteiger partial charge < -0.3 is 18.9 Å². The molecule has 1 aliphatic heterocycles. The van der Waals surface area contributed by atoms with E-state index in [-0.39, 0.29) is 5.57 Å². The quantitative estimate of drug-likeness (QED) is 0.323.